The van der Waals surface area contributed by atoms with Crippen molar-refractivity contribution in [3.8, 4) is 0 Å². The van der Waals surface area contributed by atoms with Crippen molar-refractivity contribution in [2.75, 3.05) is 6.61 Å². The fourth-order valence-electron chi connectivity index (χ4n) is 1.99. The van der Waals surface area contributed by atoms with E-state index in [2.05, 4.69) is 10.5 Å². The maximum atomic E-state index is 11.8. The quantitative estimate of drug-likeness (QED) is 0.485. The van der Waals surface area contributed by atoms with Crippen LogP contribution < -0.4 is 11.1 Å². The molecule has 0 heterocycles. The third-order valence-corrected chi connectivity index (χ3v) is 3.52. The summed E-state index contributed by atoms with van der Waals surface area (Å²) in [6.07, 6.45) is 0. The van der Waals surface area contributed by atoms with Crippen molar-refractivity contribution in [2.24, 2.45) is 10.9 Å². The third-order valence-electron chi connectivity index (χ3n) is 3.19. The van der Waals surface area contributed by atoms with Crippen LogP contribution in [-0.4, -0.2) is 18.3 Å². The molecule has 0 radical (unpaired) electrons. The number of amides is 1. The highest BCUT2D eigenvalue weighted by atomic mass is 35.5. The van der Waals surface area contributed by atoms with Gasteiger partial charge in [-0.05, 0) is 24.6 Å². The Morgan fingerprint density at radius 1 is 1.22 bits per heavy atom. The first kappa shape index (κ1) is 16.8. The summed E-state index contributed by atoms with van der Waals surface area (Å²) in [4.78, 5) is 16.8. The minimum atomic E-state index is -0.280. The van der Waals surface area contributed by atoms with Crippen molar-refractivity contribution in [3.05, 3.63) is 70.7 Å². The largest absolute Gasteiger partial charge is 0.384 e. The van der Waals surface area contributed by atoms with Crippen LogP contribution in [0.3, 0.4) is 0 Å². The number of hydrogen-bond donors (Lipinski definition) is 2. The second-order valence-electron chi connectivity index (χ2n) is 4.93. The topological polar surface area (TPSA) is 76.7 Å². The fourth-order valence-corrected chi connectivity index (χ4v) is 2.22. The lowest BCUT2D eigenvalue weighted by Gasteiger charge is -2.13. The van der Waals surface area contributed by atoms with Gasteiger partial charge in [-0.15, -0.1) is 0 Å². The number of nitrogens with one attached hydrogen (secondary N) is 1. The van der Waals surface area contributed by atoms with Gasteiger partial charge >= 0.3 is 0 Å². The summed E-state index contributed by atoms with van der Waals surface area (Å²) in [5.74, 6) is -0.156. The van der Waals surface area contributed by atoms with Crippen molar-refractivity contribution in [2.45, 2.75) is 13.0 Å². The Morgan fingerprint density at radius 3 is 2.57 bits per heavy atom. The smallest absolute Gasteiger partial charge is 0.261 e. The van der Waals surface area contributed by atoms with E-state index in [0.717, 1.165) is 5.56 Å². The zero-order valence-corrected chi connectivity index (χ0v) is 13.5. The van der Waals surface area contributed by atoms with E-state index in [-0.39, 0.29) is 24.4 Å². The van der Waals surface area contributed by atoms with Crippen LogP contribution in [-0.2, 0) is 9.63 Å². The average molecular weight is 332 g/mol. The Kier molecular flexibility index (Phi) is 6.00. The number of benzene rings is 2. The number of nitrogens with zero attached hydrogens (tertiary/aromatic N) is 1. The van der Waals surface area contributed by atoms with E-state index in [1.54, 1.807) is 24.3 Å². The Balaban J connectivity index is 1.85. The summed E-state index contributed by atoms with van der Waals surface area (Å²) < 4.78 is 0. The van der Waals surface area contributed by atoms with Gasteiger partial charge in [-0.1, -0.05) is 59.2 Å². The summed E-state index contributed by atoms with van der Waals surface area (Å²) in [6, 6.07) is 16.5. The van der Waals surface area contributed by atoms with E-state index in [0.29, 0.717) is 10.6 Å². The second kappa shape index (κ2) is 8.19. The predicted molar refractivity (Wildman–Crippen MR) is 91.1 cm³/mol. The molecule has 0 aromatic heterocycles. The van der Waals surface area contributed by atoms with Crippen LogP contribution in [0.25, 0.3) is 0 Å². The van der Waals surface area contributed by atoms with Gasteiger partial charge in [0.2, 0.25) is 0 Å². The number of rotatable bonds is 6. The number of amidine groups is 1. The lowest BCUT2D eigenvalue weighted by atomic mass is 10.1. The van der Waals surface area contributed by atoms with Crippen LogP contribution in [0.5, 0.6) is 0 Å². The van der Waals surface area contributed by atoms with Crippen molar-refractivity contribution >= 4 is 23.3 Å². The highest BCUT2D eigenvalue weighted by Gasteiger charge is 2.10. The Labute approximate surface area is 140 Å². The maximum Gasteiger partial charge on any atom is 0.261 e. The van der Waals surface area contributed by atoms with Gasteiger partial charge in [0.25, 0.3) is 5.91 Å². The molecule has 3 N–H and O–H groups in total. The first-order chi connectivity index (χ1) is 11.1. The molecule has 1 amide bonds. The molecular weight excluding hydrogens is 314 g/mol. The van der Waals surface area contributed by atoms with E-state index in [4.69, 9.17) is 22.2 Å². The zero-order chi connectivity index (χ0) is 16.7. The molecule has 0 aliphatic heterocycles. The standard InChI is InChI=1S/C17H18ClN3O2/c1-12(13-7-3-2-4-8-13)20-16(22)11-23-21-17(19)14-9-5-6-10-15(14)18/h2-10,12H,11H2,1H3,(H2,19,21)(H,20,22). The lowest BCUT2D eigenvalue weighted by Crippen LogP contribution is -2.30. The van der Waals surface area contributed by atoms with Crippen LogP contribution in [0.4, 0.5) is 0 Å². The molecule has 2 rings (SSSR count). The molecule has 0 spiro atoms. The van der Waals surface area contributed by atoms with Crippen molar-refractivity contribution in [3.63, 3.8) is 0 Å². The number of halogens is 1. The molecule has 0 bridgehead atoms. The predicted octanol–water partition coefficient (Wildman–Crippen LogP) is 2.85. The third kappa shape index (κ3) is 5.00. The minimum Gasteiger partial charge on any atom is -0.384 e. The summed E-state index contributed by atoms with van der Waals surface area (Å²) in [7, 11) is 0. The molecule has 5 nitrogen and oxygen atoms in total. The van der Waals surface area contributed by atoms with E-state index in [1.165, 1.54) is 0 Å². The molecule has 2 aromatic carbocycles. The Bertz CT molecular complexity index is 689. The van der Waals surface area contributed by atoms with Gasteiger partial charge in [0.15, 0.2) is 12.4 Å². The average Bonchev–Trinajstić information content (AvgIpc) is 2.56. The van der Waals surface area contributed by atoms with Gasteiger partial charge in [-0.2, -0.15) is 0 Å². The van der Waals surface area contributed by atoms with E-state index < -0.39 is 0 Å². The fraction of sp³-hybridized carbons (Fsp3) is 0.176. The lowest BCUT2D eigenvalue weighted by molar-refractivity contribution is -0.126. The van der Waals surface area contributed by atoms with Crippen LogP contribution in [0.15, 0.2) is 59.8 Å². The molecule has 6 heteroatoms. The maximum absolute atomic E-state index is 11.8. The number of carbonyl (C=O) groups excluding carboxylic acids is 1. The Morgan fingerprint density at radius 2 is 1.87 bits per heavy atom. The van der Waals surface area contributed by atoms with Gasteiger partial charge in [0.1, 0.15) is 0 Å². The second-order valence-corrected chi connectivity index (χ2v) is 5.34. The highest BCUT2D eigenvalue weighted by Crippen LogP contribution is 2.14. The summed E-state index contributed by atoms with van der Waals surface area (Å²) in [5, 5.41) is 7.02. The molecule has 120 valence electrons. The molecule has 0 saturated carbocycles. The monoisotopic (exact) mass is 331 g/mol. The van der Waals surface area contributed by atoms with Gasteiger partial charge < -0.3 is 15.9 Å². The minimum absolute atomic E-state index is 0.114. The van der Waals surface area contributed by atoms with Gasteiger partial charge in [0, 0.05) is 5.56 Å². The zero-order valence-electron chi connectivity index (χ0n) is 12.7. The molecule has 23 heavy (non-hydrogen) atoms. The van der Waals surface area contributed by atoms with E-state index in [9.17, 15) is 4.79 Å². The van der Waals surface area contributed by atoms with E-state index in [1.807, 2.05) is 37.3 Å². The molecule has 1 unspecified atom stereocenters. The molecule has 2 aromatic rings. The summed E-state index contributed by atoms with van der Waals surface area (Å²) >= 11 is 6.00. The molecule has 0 aliphatic carbocycles. The van der Waals surface area contributed by atoms with Crippen LogP contribution in [0, 0.1) is 0 Å². The molecule has 0 fully saturated rings. The number of nitrogens with two attached hydrogens (primary N) is 1. The van der Waals surface area contributed by atoms with Gasteiger partial charge in [-0.25, -0.2) is 0 Å². The number of carbonyl (C=O) groups is 1. The van der Waals surface area contributed by atoms with Crippen LogP contribution in [0.1, 0.15) is 24.1 Å². The molecule has 0 saturated heterocycles. The summed E-state index contributed by atoms with van der Waals surface area (Å²) in [5.41, 5.74) is 7.36. The summed E-state index contributed by atoms with van der Waals surface area (Å²) in [6.45, 7) is 1.68. The number of oxime groups is 1. The van der Waals surface area contributed by atoms with Crippen molar-refractivity contribution in [1.82, 2.24) is 5.32 Å². The number of hydrogen-bond acceptors (Lipinski definition) is 3. The molecule has 1 atom stereocenters. The van der Waals surface area contributed by atoms with Crippen LogP contribution >= 0.6 is 11.6 Å². The SMILES string of the molecule is CC(NC(=O)CO/N=C(\N)c1ccccc1Cl)c1ccccc1. The first-order valence-electron chi connectivity index (χ1n) is 7.12. The van der Waals surface area contributed by atoms with Gasteiger partial charge in [0.05, 0.1) is 11.1 Å². The van der Waals surface area contributed by atoms with Gasteiger partial charge in [-0.3, -0.25) is 4.79 Å². The normalized spacial score (nSPS) is 12.5. The van der Waals surface area contributed by atoms with Crippen molar-refractivity contribution < 1.29 is 9.63 Å². The van der Waals surface area contributed by atoms with Crippen molar-refractivity contribution in [1.29, 1.82) is 0 Å². The first-order valence-corrected chi connectivity index (χ1v) is 7.50. The van der Waals surface area contributed by atoms with E-state index >= 15 is 0 Å². The highest BCUT2D eigenvalue weighted by molar-refractivity contribution is 6.34. The molecular formula is C17H18ClN3O2. The Hall–Kier alpha value is -2.53. The van der Waals surface area contributed by atoms with Crippen LogP contribution in [0.2, 0.25) is 5.02 Å². The molecule has 0 aliphatic rings.